The minimum atomic E-state index is -0.675. The van der Waals surface area contributed by atoms with Crippen LogP contribution >= 0.6 is 0 Å². The average molecular weight is 476 g/mol. The maximum atomic E-state index is 12.4. The lowest BCUT2D eigenvalue weighted by molar-refractivity contribution is -0.155. The normalized spacial score (nSPS) is 12.7. The first-order chi connectivity index (χ1) is 15.8. The molecule has 10 heteroatoms. The fraction of sp³-hybridized carbons (Fsp3) is 0.625. The molecule has 188 valence electrons. The molecule has 0 spiro atoms. The summed E-state index contributed by atoms with van der Waals surface area (Å²) >= 11 is 0. The Morgan fingerprint density at radius 1 is 1.03 bits per heavy atom. The van der Waals surface area contributed by atoms with Gasteiger partial charge in [0.1, 0.15) is 17.0 Å². The molecule has 0 fully saturated rings. The van der Waals surface area contributed by atoms with Gasteiger partial charge in [0.05, 0.1) is 25.6 Å². The van der Waals surface area contributed by atoms with E-state index in [1.165, 1.54) is 4.80 Å². The summed E-state index contributed by atoms with van der Waals surface area (Å²) in [7, 11) is 0. The van der Waals surface area contributed by atoms with E-state index in [9.17, 15) is 9.59 Å². The highest BCUT2D eigenvalue weighted by atomic mass is 16.6. The molecule has 2 rings (SSSR count). The highest BCUT2D eigenvalue weighted by molar-refractivity contribution is 5.73. The second-order valence-corrected chi connectivity index (χ2v) is 10.0. The second kappa shape index (κ2) is 11.8. The zero-order chi connectivity index (χ0) is 25.4. The molecule has 2 aromatic rings. The van der Waals surface area contributed by atoms with Crippen molar-refractivity contribution < 1.29 is 23.8 Å². The van der Waals surface area contributed by atoms with E-state index in [-0.39, 0.29) is 13.0 Å². The van der Waals surface area contributed by atoms with Crippen LogP contribution in [0.15, 0.2) is 24.3 Å². The number of alkyl carbamates (subject to hydrolysis) is 1. The van der Waals surface area contributed by atoms with Gasteiger partial charge in [0, 0.05) is 5.56 Å². The van der Waals surface area contributed by atoms with Gasteiger partial charge in [0.2, 0.25) is 5.82 Å². The van der Waals surface area contributed by atoms with Crippen molar-refractivity contribution in [3.8, 4) is 17.1 Å². The number of amides is 1. The van der Waals surface area contributed by atoms with Gasteiger partial charge in [-0.1, -0.05) is 13.3 Å². The molecule has 10 nitrogen and oxygen atoms in total. The lowest BCUT2D eigenvalue weighted by Gasteiger charge is -2.24. The molecule has 0 saturated carbocycles. The number of benzene rings is 1. The van der Waals surface area contributed by atoms with E-state index in [1.807, 2.05) is 24.3 Å². The van der Waals surface area contributed by atoms with Gasteiger partial charge < -0.3 is 19.5 Å². The number of unbranched alkanes of at least 4 members (excludes halogenated alkanes) is 1. The fourth-order valence-corrected chi connectivity index (χ4v) is 2.89. The van der Waals surface area contributed by atoms with E-state index in [1.54, 1.807) is 41.5 Å². The molecule has 0 aliphatic heterocycles. The van der Waals surface area contributed by atoms with E-state index < -0.39 is 29.3 Å². The maximum absolute atomic E-state index is 12.4. The Hall–Kier alpha value is -3.17. The summed E-state index contributed by atoms with van der Waals surface area (Å²) in [6.07, 6.45) is 1.36. The summed E-state index contributed by atoms with van der Waals surface area (Å²) in [6.45, 7) is 13.6. The van der Waals surface area contributed by atoms with Gasteiger partial charge in [-0.05, 0) is 77.4 Å². The molecule has 0 radical (unpaired) electrons. The summed E-state index contributed by atoms with van der Waals surface area (Å²) in [4.78, 5) is 26.0. The molecular formula is C24H37N5O5. The first-order valence-electron chi connectivity index (χ1n) is 11.6. The van der Waals surface area contributed by atoms with Crippen molar-refractivity contribution in [3.05, 3.63) is 24.3 Å². The summed E-state index contributed by atoms with van der Waals surface area (Å²) in [5, 5.41) is 15.3. The summed E-state index contributed by atoms with van der Waals surface area (Å²) in [5.41, 5.74) is -0.539. The van der Waals surface area contributed by atoms with Crippen molar-refractivity contribution in [2.45, 2.75) is 91.5 Å². The molecule has 0 aliphatic rings. The van der Waals surface area contributed by atoms with E-state index >= 15 is 0 Å². The Labute approximate surface area is 201 Å². The third kappa shape index (κ3) is 10.2. The monoisotopic (exact) mass is 475 g/mol. The zero-order valence-corrected chi connectivity index (χ0v) is 21.3. The third-order valence-electron chi connectivity index (χ3n) is 4.27. The fourth-order valence-electron chi connectivity index (χ4n) is 2.89. The first-order valence-corrected chi connectivity index (χ1v) is 11.6. The van der Waals surface area contributed by atoms with Crippen molar-refractivity contribution in [2.24, 2.45) is 0 Å². The summed E-state index contributed by atoms with van der Waals surface area (Å²) in [6, 6.07) is 6.79. The van der Waals surface area contributed by atoms with Gasteiger partial charge in [-0.2, -0.15) is 4.80 Å². The lowest BCUT2D eigenvalue weighted by Crippen LogP contribution is -2.43. The summed E-state index contributed by atoms with van der Waals surface area (Å²) in [5.74, 6) is 0.754. The molecule has 1 aromatic carbocycles. The SMILES string of the molecule is CCCCOc1ccc(-c2nnn(C[C@@H](CC(=O)OC(C)(C)C)NC(=O)OC(C)(C)C)n2)cc1. The van der Waals surface area contributed by atoms with Crippen LogP contribution in [0.25, 0.3) is 11.4 Å². The van der Waals surface area contributed by atoms with E-state index in [0.717, 1.165) is 24.2 Å². The molecule has 1 aromatic heterocycles. The van der Waals surface area contributed by atoms with Crippen molar-refractivity contribution in [1.82, 2.24) is 25.5 Å². The zero-order valence-electron chi connectivity index (χ0n) is 21.3. The van der Waals surface area contributed by atoms with Crippen LogP contribution in [0.4, 0.5) is 4.79 Å². The van der Waals surface area contributed by atoms with Crippen LogP contribution in [0.3, 0.4) is 0 Å². The number of esters is 1. The quantitative estimate of drug-likeness (QED) is 0.402. The molecule has 0 saturated heterocycles. The smallest absolute Gasteiger partial charge is 0.407 e. The Morgan fingerprint density at radius 2 is 1.68 bits per heavy atom. The second-order valence-electron chi connectivity index (χ2n) is 10.0. The lowest BCUT2D eigenvalue weighted by atomic mass is 10.1. The Kier molecular flexibility index (Phi) is 9.40. The van der Waals surface area contributed by atoms with Crippen molar-refractivity contribution >= 4 is 12.1 Å². The highest BCUT2D eigenvalue weighted by Gasteiger charge is 2.25. The molecule has 0 unspecified atom stereocenters. The van der Waals surface area contributed by atoms with E-state index in [4.69, 9.17) is 14.2 Å². The van der Waals surface area contributed by atoms with Crippen LogP contribution in [0.1, 0.15) is 67.7 Å². The third-order valence-corrected chi connectivity index (χ3v) is 4.27. The largest absolute Gasteiger partial charge is 0.494 e. The standard InChI is InChI=1S/C24H37N5O5/c1-8-9-14-32-19-12-10-17(11-13-19)21-26-28-29(27-21)16-18(15-20(30)33-23(2,3)4)25-22(31)34-24(5,6)7/h10-13,18H,8-9,14-16H2,1-7H3,(H,25,31)/t18-/m1/s1. The van der Waals surface area contributed by atoms with Crippen molar-refractivity contribution in [3.63, 3.8) is 0 Å². The maximum Gasteiger partial charge on any atom is 0.407 e. The number of tetrazole rings is 1. The molecule has 1 heterocycles. The van der Waals surface area contributed by atoms with Gasteiger partial charge >= 0.3 is 12.1 Å². The Balaban J connectivity index is 2.08. The van der Waals surface area contributed by atoms with E-state index in [0.29, 0.717) is 12.4 Å². The van der Waals surface area contributed by atoms with Crippen molar-refractivity contribution in [2.75, 3.05) is 6.61 Å². The number of aromatic nitrogens is 4. The first kappa shape index (κ1) is 27.1. The van der Waals surface area contributed by atoms with Crippen LogP contribution in [0.2, 0.25) is 0 Å². The minimum Gasteiger partial charge on any atom is -0.494 e. The molecule has 0 bridgehead atoms. The molecule has 0 aliphatic carbocycles. The van der Waals surface area contributed by atoms with Crippen LogP contribution in [-0.2, 0) is 20.8 Å². The number of nitrogens with zero attached hydrogens (tertiary/aromatic N) is 4. The van der Waals surface area contributed by atoms with Gasteiger partial charge in [0.25, 0.3) is 0 Å². The predicted octanol–water partition coefficient (Wildman–Crippen LogP) is 4.14. The predicted molar refractivity (Wildman–Crippen MR) is 127 cm³/mol. The van der Waals surface area contributed by atoms with Crippen LogP contribution in [0, 0.1) is 0 Å². The molecule has 34 heavy (non-hydrogen) atoms. The molecule has 1 atom stereocenters. The molecule has 1 amide bonds. The van der Waals surface area contributed by atoms with Gasteiger partial charge in [-0.25, -0.2) is 4.79 Å². The van der Waals surface area contributed by atoms with Crippen LogP contribution in [0.5, 0.6) is 5.75 Å². The Morgan fingerprint density at radius 3 is 2.26 bits per heavy atom. The average Bonchev–Trinajstić information content (AvgIpc) is 3.14. The number of rotatable bonds is 10. The number of ether oxygens (including phenoxy) is 3. The van der Waals surface area contributed by atoms with Crippen LogP contribution in [-0.4, -0.2) is 56.1 Å². The number of carbonyl (C=O) groups is 2. The van der Waals surface area contributed by atoms with Gasteiger partial charge in [-0.15, -0.1) is 10.2 Å². The Bertz CT molecular complexity index is 898. The molecule has 1 N–H and O–H groups in total. The van der Waals surface area contributed by atoms with Crippen LogP contribution < -0.4 is 10.1 Å². The van der Waals surface area contributed by atoms with Gasteiger partial charge in [-0.3, -0.25) is 4.79 Å². The number of hydrogen-bond acceptors (Lipinski definition) is 8. The molecular weight excluding hydrogens is 438 g/mol. The topological polar surface area (TPSA) is 117 Å². The number of carbonyl (C=O) groups excluding carboxylic acids is 2. The van der Waals surface area contributed by atoms with E-state index in [2.05, 4.69) is 27.7 Å². The number of hydrogen-bond donors (Lipinski definition) is 1. The number of nitrogens with one attached hydrogen (secondary N) is 1. The summed E-state index contributed by atoms with van der Waals surface area (Å²) < 4.78 is 16.4. The van der Waals surface area contributed by atoms with Gasteiger partial charge in [0.15, 0.2) is 0 Å². The van der Waals surface area contributed by atoms with Crippen molar-refractivity contribution in [1.29, 1.82) is 0 Å². The highest BCUT2D eigenvalue weighted by Crippen LogP contribution is 2.19. The minimum absolute atomic E-state index is 0.0722.